The highest BCUT2D eigenvalue weighted by atomic mass is 32.2. The van der Waals surface area contributed by atoms with Crippen LogP contribution in [0.2, 0.25) is 0 Å². The number of ether oxygens (including phenoxy) is 1. The minimum Gasteiger partial charge on any atom is -0.480 e. The molecule has 2 saturated heterocycles. The van der Waals surface area contributed by atoms with E-state index in [1.807, 2.05) is 18.2 Å². The van der Waals surface area contributed by atoms with Crippen molar-refractivity contribution in [3.63, 3.8) is 0 Å². The highest BCUT2D eigenvalue weighted by Gasteiger charge is 2.46. The monoisotopic (exact) mass is 647 g/mol. The Hall–Kier alpha value is -4.43. The van der Waals surface area contributed by atoms with Gasteiger partial charge in [0.15, 0.2) is 9.99 Å². The summed E-state index contributed by atoms with van der Waals surface area (Å²) in [7, 11) is -2.47. The SMILES string of the molecule is COc1ncc(-c2ccc3ncnc(N4CCC5(CC4)CN(C(=O)/C=C/C(C)=O)C5)c3c2)cc1NS(=O)(=O)c1sc(C)nc1C. The molecule has 2 aliphatic rings. The van der Waals surface area contributed by atoms with Gasteiger partial charge in [-0.05, 0) is 63.5 Å². The third-order valence-corrected chi connectivity index (χ3v) is 11.3. The number of pyridine rings is 1. The van der Waals surface area contributed by atoms with Crippen LogP contribution >= 0.6 is 11.3 Å². The summed E-state index contributed by atoms with van der Waals surface area (Å²) in [5.41, 5.74) is 3.04. The molecule has 6 rings (SSSR count). The number of thiazole rings is 1. The molecule has 0 radical (unpaired) electrons. The normalized spacial score (nSPS) is 16.3. The third-order valence-electron chi connectivity index (χ3n) is 8.29. The van der Waals surface area contributed by atoms with Gasteiger partial charge in [0.05, 0.1) is 23.3 Å². The molecule has 0 atom stereocenters. The molecular formula is C31H33N7O5S2. The van der Waals surface area contributed by atoms with Crippen LogP contribution in [0.1, 0.15) is 30.5 Å². The second-order valence-corrected chi connectivity index (χ2v) is 14.6. The van der Waals surface area contributed by atoms with Gasteiger partial charge in [-0.15, -0.1) is 11.3 Å². The zero-order valence-corrected chi connectivity index (χ0v) is 27.0. The summed E-state index contributed by atoms with van der Waals surface area (Å²) in [6.07, 6.45) is 7.72. The molecule has 1 N–H and O–H groups in total. The molecule has 4 aromatic rings. The van der Waals surface area contributed by atoms with Crippen LogP contribution in [-0.4, -0.2) is 78.2 Å². The zero-order valence-electron chi connectivity index (χ0n) is 25.4. The molecule has 14 heteroatoms. The van der Waals surface area contributed by atoms with Crippen LogP contribution in [0, 0.1) is 19.3 Å². The maximum atomic E-state index is 13.2. The van der Waals surface area contributed by atoms with Gasteiger partial charge in [0.2, 0.25) is 11.8 Å². The Morgan fingerprint density at radius 1 is 1.04 bits per heavy atom. The molecule has 1 amide bonds. The lowest BCUT2D eigenvalue weighted by Gasteiger charge is -2.54. The van der Waals surface area contributed by atoms with Crippen LogP contribution in [0.4, 0.5) is 11.5 Å². The number of amides is 1. The molecule has 1 spiro atoms. The van der Waals surface area contributed by atoms with E-state index in [1.54, 1.807) is 37.3 Å². The number of sulfonamides is 1. The van der Waals surface area contributed by atoms with Crippen molar-refractivity contribution in [1.29, 1.82) is 0 Å². The predicted octanol–water partition coefficient (Wildman–Crippen LogP) is 4.15. The van der Waals surface area contributed by atoms with E-state index in [4.69, 9.17) is 4.74 Å². The van der Waals surface area contributed by atoms with E-state index in [0.29, 0.717) is 29.4 Å². The maximum absolute atomic E-state index is 13.2. The summed E-state index contributed by atoms with van der Waals surface area (Å²) in [6.45, 7) is 7.81. The molecule has 0 aliphatic carbocycles. The van der Waals surface area contributed by atoms with E-state index in [1.165, 1.54) is 26.2 Å². The summed E-state index contributed by atoms with van der Waals surface area (Å²) in [4.78, 5) is 45.4. The van der Waals surface area contributed by atoms with Gasteiger partial charge in [-0.1, -0.05) is 6.07 Å². The van der Waals surface area contributed by atoms with Crippen LogP contribution in [0.5, 0.6) is 5.88 Å². The first-order valence-corrected chi connectivity index (χ1v) is 16.8. The fourth-order valence-corrected chi connectivity index (χ4v) is 8.53. The van der Waals surface area contributed by atoms with Gasteiger partial charge in [-0.3, -0.25) is 14.3 Å². The summed E-state index contributed by atoms with van der Waals surface area (Å²) < 4.78 is 34.6. The number of nitrogens with zero attached hydrogens (tertiary/aromatic N) is 6. The summed E-state index contributed by atoms with van der Waals surface area (Å²) >= 11 is 1.11. The number of rotatable bonds is 8. The largest absolute Gasteiger partial charge is 0.480 e. The number of hydrogen-bond acceptors (Lipinski definition) is 11. The number of allylic oxidation sites excluding steroid dienone is 1. The molecule has 12 nitrogen and oxygen atoms in total. The highest BCUT2D eigenvalue weighted by molar-refractivity contribution is 7.94. The number of carbonyl (C=O) groups is 2. The second-order valence-electron chi connectivity index (χ2n) is 11.5. The van der Waals surface area contributed by atoms with E-state index in [-0.39, 0.29) is 32.9 Å². The van der Waals surface area contributed by atoms with Crippen molar-refractivity contribution in [2.75, 3.05) is 42.9 Å². The van der Waals surface area contributed by atoms with E-state index in [2.05, 4.69) is 29.6 Å². The van der Waals surface area contributed by atoms with Crippen molar-refractivity contribution in [2.24, 2.45) is 5.41 Å². The molecular weight excluding hydrogens is 615 g/mol. The zero-order chi connectivity index (χ0) is 31.9. The molecule has 234 valence electrons. The topological polar surface area (TPSA) is 148 Å². The Kier molecular flexibility index (Phi) is 8.04. The minimum absolute atomic E-state index is 0.0825. The molecule has 5 heterocycles. The van der Waals surface area contributed by atoms with Crippen molar-refractivity contribution < 1.29 is 22.7 Å². The van der Waals surface area contributed by atoms with Gasteiger partial charge in [-0.2, -0.15) is 0 Å². The van der Waals surface area contributed by atoms with E-state index in [9.17, 15) is 18.0 Å². The fraction of sp³-hybridized carbons (Fsp3) is 0.355. The van der Waals surface area contributed by atoms with Gasteiger partial charge >= 0.3 is 0 Å². The smallest absolute Gasteiger partial charge is 0.273 e. The summed E-state index contributed by atoms with van der Waals surface area (Å²) in [5, 5.41) is 1.53. The number of hydrogen-bond donors (Lipinski definition) is 1. The first kappa shape index (κ1) is 30.6. The van der Waals surface area contributed by atoms with Gasteiger partial charge in [0.25, 0.3) is 10.0 Å². The predicted molar refractivity (Wildman–Crippen MR) is 172 cm³/mol. The van der Waals surface area contributed by atoms with E-state index >= 15 is 0 Å². The van der Waals surface area contributed by atoms with Crippen molar-refractivity contribution >= 4 is 55.5 Å². The van der Waals surface area contributed by atoms with E-state index in [0.717, 1.165) is 59.6 Å². The average Bonchev–Trinajstić information content (AvgIpc) is 3.36. The number of fused-ring (bicyclic) bond motifs is 1. The average molecular weight is 648 g/mol. The summed E-state index contributed by atoms with van der Waals surface area (Å²) in [5.74, 6) is 0.717. The number of piperidine rings is 1. The first-order valence-electron chi connectivity index (χ1n) is 14.5. The lowest BCUT2D eigenvalue weighted by molar-refractivity contribution is -0.139. The van der Waals surface area contributed by atoms with Gasteiger partial charge in [0.1, 0.15) is 17.8 Å². The first-order chi connectivity index (χ1) is 21.5. The number of likely N-dealkylation sites (tertiary alicyclic amines) is 1. The second kappa shape index (κ2) is 11.8. The molecule has 0 unspecified atom stereocenters. The fourth-order valence-electron chi connectivity index (χ4n) is 6.00. The van der Waals surface area contributed by atoms with Crippen molar-refractivity contribution in [3.05, 3.63) is 59.6 Å². The summed E-state index contributed by atoms with van der Waals surface area (Å²) in [6, 6.07) is 7.54. The van der Waals surface area contributed by atoms with Crippen molar-refractivity contribution in [3.8, 4) is 17.0 Å². The van der Waals surface area contributed by atoms with Crippen LogP contribution in [0.3, 0.4) is 0 Å². The highest BCUT2D eigenvalue weighted by Crippen LogP contribution is 2.42. The van der Waals surface area contributed by atoms with Crippen molar-refractivity contribution in [1.82, 2.24) is 24.8 Å². The van der Waals surface area contributed by atoms with Crippen LogP contribution in [0.25, 0.3) is 22.0 Å². The number of anilines is 2. The Morgan fingerprint density at radius 3 is 2.47 bits per heavy atom. The Morgan fingerprint density at radius 2 is 1.80 bits per heavy atom. The number of aryl methyl sites for hydroxylation is 2. The van der Waals surface area contributed by atoms with E-state index < -0.39 is 10.0 Å². The Bertz CT molecular complexity index is 1940. The lowest BCUT2D eigenvalue weighted by atomic mass is 9.72. The number of aromatic nitrogens is 4. The number of ketones is 1. The Labute approximate surface area is 265 Å². The molecule has 2 fully saturated rings. The molecule has 0 bridgehead atoms. The molecule has 1 aromatic carbocycles. The van der Waals surface area contributed by atoms with Crippen LogP contribution in [0.15, 0.2) is 53.2 Å². The van der Waals surface area contributed by atoms with Crippen LogP contribution in [-0.2, 0) is 19.6 Å². The number of benzene rings is 1. The van der Waals surface area contributed by atoms with Gasteiger partial charge in [-0.25, -0.2) is 28.4 Å². The molecule has 2 aliphatic heterocycles. The standard InChI is InChI=1S/C31H33N7O5S2/c1-19(39)5-8-27(40)38-16-31(17-38)9-11-37(12-10-31)28-24-13-22(6-7-25(24)33-18-34-28)23-14-26(29(43-4)32-15-23)36-45(41,42)30-20(2)35-21(3)44-30/h5-8,13-15,18,36H,9-12,16-17H2,1-4H3/b8-5+. The molecule has 0 saturated carbocycles. The van der Waals surface area contributed by atoms with Crippen LogP contribution < -0.4 is 14.4 Å². The maximum Gasteiger partial charge on any atom is 0.273 e. The quantitative estimate of drug-likeness (QED) is 0.277. The number of methoxy groups -OCH3 is 1. The molecule has 3 aromatic heterocycles. The molecule has 45 heavy (non-hydrogen) atoms. The van der Waals surface area contributed by atoms with Gasteiger partial charge in [0, 0.05) is 54.8 Å². The number of carbonyl (C=O) groups excluding carboxylic acids is 2. The lowest BCUT2D eigenvalue weighted by Crippen LogP contribution is -2.61. The van der Waals surface area contributed by atoms with Gasteiger partial charge < -0.3 is 14.5 Å². The minimum atomic E-state index is -3.91. The number of nitrogens with one attached hydrogen (secondary N) is 1. The third kappa shape index (κ3) is 6.12. The van der Waals surface area contributed by atoms with Crippen molar-refractivity contribution in [2.45, 2.75) is 37.8 Å². The Balaban J connectivity index is 1.23.